The van der Waals surface area contributed by atoms with Crippen LogP contribution >= 0.6 is 0 Å². The first-order chi connectivity index (χ1) is 5.45. The molecule has 3 N–H and O–H groups in total. The average molecular weight is 172 g/mol. The minimum absolute atomic E-state index is 0.0355. The molecule has 0 heterocycles. The maximum Gasteiger partial charge on any atom is 0.223 e. The highest BCUT2D eigenvalue weighted by Crippen LogP contribution is 2.08. The molecule has 1 amide bonds. The molecule has 0 spiro atoms. The summed E-state index contributed by atoms with van der Waals surface area (Å²) in [5.41, 5.74) is 5.50. The maximum absolute atomic E-state index is 11.3. The fourth-order valence-corrected chi connectivity index (χ4v) is 0.725. The van der Waals surface area contributed by atoms with Gasteiger partial charge in [-0.15, -0.1) is 0 Å². The monoisotopic (exact) mass is 172 g/mol. The number of carbonyl (C=O) groups is 1. The van der Waals surface area contributed by atoms with E-state index in [1.165, 1.54) is 0 Å². The summed E-state index contributed by atoms with van der Waals surface area (Å²) in [6.07, 6.45) is 0. The van der Waals surface area contributed by atoms with Crippen LogP contribution in [-0.2, 0) is 4.79 Å². The third-order valence-electron chi connectivity index (χ3n) is 2.01. The van der Waals surface area contributed by atoms with Gasteiger partial charge in [0.15, 0.2) is 0 Å². The van der Waals surface area contributed by atoms with Gasteiger partial charge >= 0.3 is 0 Å². The van der Waals surface area contributed by atoms with Crippen molar-refractivity contribution in [1.82, 2.24) is 5.32 Å². The predicted molar refractivity (Wildman–Crippen MR) is 50.7 cm³/mol. The van der Waals surface area contributed by atoms with E-state index < -0.39 is 0 Å². The normalized spacial score (nSPS) is 15.8. The molecule has 0 saturated heterocycles. The third kappa shape index (κ3) is 4.34. The van der Waals surface area contributed by atoms with Gasteiger partial charge in [0.1, 0.15) is 0 Å². The SMILES string of the molecule is CC(N)CNC(=O)C(C)C(C)C. The van der Waals surface area contributed by atoms with Gasteiger partial charge in [-0.3, -0.25) is 4.79 Å². The van der Waals surface area contributed by atoms with Crippen molar-refractivity contribution < 1.29 is 4.79 Å². The van der Waals surface area contributed by atoms with Gasteiger partial charge in [0.05, 0.1) is 0 Å². The van der Waals surface area contributed by atoms with Gasteiger partial charge in [0, 0.05) is 18.5 Å². The molecule has 72 valence electrons. The number of nitrogens with two attached hydrogens (primary N) is 1. The number of hydrogen-bond acceptors (Lipinski definition) is 2. The zero-order valence-corrected chi connectivity index (χ0v) is 8.42. The molecule has 0 aromatic heterocycles. The van der Waals surface area contributed by atoms with Crippen molar-refractivity contribution in [3.63, 3.8) is 0 Å². The Morgan fingerprint density at radius 3 is 2.17 bits per heavy atom. The summed E-state index contributed by atoms with van der Waals surface area (Å²) in [4.78, 5) is 11.3. The quantitative estimate of drug-likeness (QED) is 0.657. The molecule has 2 unspecified atom stereocenters. The average Bonchev–Trinajstić information content (AvgIpc) is 1.98. The van der Waals surface area contributed by atoms with E-state index in [1.54, 1.807) is 0 Å². The van der Waals surface area contributed by atoms with Crippen molar-refractivity contribution in [2.45, 2.75) is 33.7 Å². The van der Waals surface area contributed by atoms with Gasteiger partial charge in [-0.2, -0.15) is 0 Å². The van der Waals surface area contributed by atoms with Crippen LogP contribution in [0.4, 0.5) is 0 Å². The number of rotatable bonds is 4. The summed E-state index contributed by atoms with van der Waals surface area (Å²) >= 11 is 0. The lowest BCUT2D eigenvalue weighted by atomic mass is 9.97. The molecule has 0 bridgehead atoms. The summed E-state index contributed by atoms with van der Waals surface area (Å²) in [5, 5.41) is 2.80. The van der Waals surface area contributed by atoms with Crippen LogP contribution in [-0.4, -0.2) is 18.5 Å². The van der Waals surface area contributed by atoms with Crippen molar-refractivity contribution >= 4 is 5.91 Å². The van der Waals surface area contributed by atoms with E-state index in [4.69, 9.17) is 5.73 Å². The second-order valence-corrected chi connectivity index (χ2v) is 3.76. The molecule has 0 aromatic rings. The molecular formula is C9H20N2O. The van der Waals surface area contributed by atoms with Crippen molar-refractivity contribution in [3.05, 3.63) is 0 Å². The molecule has 12 heavy (non-hydrogen) atoms. The second-order valence-electron chi connectivity index (χ2n) is 3.76. The Bertz CT molecular complexity index is 143. The molecule has 0 radical (unpaired) electrons. The summed E-state index contributed by atoms with van der Waals surface area (Å²) < 4.78 is 0. The van der Waals surface area contributed by atoms with Gasteiger partial charge in [-0.25, -0.2) is 0 Å². The Labute approximate surface area is 74.7 Å². The summed E-state index contributed by atoms with van der Waals surface area (Å²) in [7, 11) is 0. The van der Waals surface area contributed by atoms with Gasteiger partial charge in [-0.05, 0) is 12.8 Å². The topological polar surface area (TPSA) is 55.1 Å². The summed E-state index contributed by atoms with van der Waals surface area (Å²) in [6.45, 7) is 8.45. The molecule has 3 heteroatoms. The number of nitrogens with one attached hydrogen (secondary N) is 1. The van der Waals surface area contributed by atoms with Crippen LogP contribution in [0, 0.1) is 11.8 Å². The van der Waals surface area contributed by atoms with Crippen molar-refractivity contribution in [2.75, 3.05) is 6.54 Å². The summed E-state index contributed by atoms with van der Waals surface area (Å²) in [5.74, 6) is 0.559. The van der Waals surface area contributed by atoms with Crippen LogP contribution < -0.4 is 11.1 Å². The second kappa shape index (κ2) is 5.14. The first-order valence-electron chi connectivity index (χ1n) is 4.48. The molecule has 0 aliphatic rings. The van der Waals surface area contributed by atoms with Gasteiger partial charge in [-0.1, -0.05) is 20.8 Å². The predicted octanol–water partition coefficient (Wildman–Crippen LogP) is 0.742. The van der Waals surface area contributed by atoms with Crippen LogP contribution in [0.25, 0.3) is 0 Å². The van der Waals surface area contributed by atoms with Crippen LogP contribution in [0.2, 0.25) is 0 Å². The molecule has 0 aliphatic heterocycles. The molecular weight excluding hydrogens is 152 g/mol. The molecule has 0 aliphatic carbocycles. The smallest absolute Gasteiger partial charge is 0.223 e. The Morgan fingerprint density at radius 2 is 1.83 bits per heavy atom. The van der Waals surface area contributed by atoms with Gasteiger partial charge in [0.25, 0.3) is 0 Å². The largest absolute Gasteiger partial charge is 0.354 e. The van der Waals surface area contributed by atoms with Crippen molar-refractivity contribution in [3.8, 4) is 0 Å². The third-order valence-corrected chi connectivity index (χ3v) is 2.01. The van der Waals surface area contributed by atoms with Crippen LogP contribution in [0.5, 0.6) is 0 Å². The van der Waals surface area contributed by atoms with Crippen LogP contribution in [0.1, 0.15) is 27.7 Å². The molecule has 3 nitrogen and oxygen atoms in total. The number of carbonyl (C=O) groups excluding carboxylic acids is 1. The standard InChI is InChI=1S/C9H20N2O/c1-6(2)8(4)9(12)11-5-7(3)10/h6-8H,5,10H2,1-4H3,(H,11,12). The van der Waals surface area contributed by atoms with Gasteiger partial charge in [0.2, 0.25) is 5.91 Å². The summed E-state index contributed by atoms with van der Waals surface area (Å²) in [6, 6.07) is 0.0355. The Hall–Kier alpha value is -0.570. The van der Waals surface area contributed by atoms with E-state index in [2.05, 4.69) is 5.32 Å². The van der Waals surface area contributed by atoms with Crippen LogP contribution in [0.3, 0.4) is 0 Å². The molecule has 0 fully saturated rings. The zero-order chi connectivity index (χ0) is 9.72. The Balaban J connectivity index is 3.72. The lowest BCUT2D eigenvalue weighted by molar-refractivity contribution is -0.125. The molecule has 0 aromatic carbocycles. The highest BCUT2D eigenvalue weighted by molar-refractivity contribution is 5.78. The fraction of sp³-hybridized carbons (Fsp3) is 0.889. The highest BCUT2D eigenvalue weighted by Gasteiger charge is 2.15. The number of hydrogen-bond donors (Lipinski definition) is 2. The minimum Gasteiger partial charge on any atom is -0.354 e. The van der Waals surface area contributed by atoms with E-state index in [0.717, 1.165) is 0 Å². The Morgan fingerprint density at radius 1 is 1.33 bits per heavy atom. The maximum atomic E-state index is 11.3. The highest BCUT2D eigenvalue weighted by atomic mass is 16.1. The van der Waals surface area contributed by atoms with Crippen molar-refractivity contribution in [2.24, 2.45) is 17.6 Å². The molecule has 0 saturated carbocycles. The first-order valence-corrected chi connectivity index (χ1v) is 4.48. The van der Waals surface area contributed by atoms with E-state index in [9.17, 15) is 4.79 Å². The van der Waals surface area contributed by atoms with Crippen molar-refractivity contribution in [1.29, 1.82) is 0 Å². The van der Waals surface area contributed by atoms with Gasteiger partial charge < -0.3 is 11.1 Å². The van der Waals surface area contributed by atoms with E-state index in [0.29, 0.717) is 12.5 Å². The fourth-order valence-electron chi connectivity index (χ4n) is 0.725. The lowest BCUT2D eigenvalue weighted by Gasteiger charge is -2.16. The Kier molecular flexibility index (Phi) is 4.90. The zero-order valence-electron chi connectivity index (χ0n) is 8.42. The molecule has 2 atom stereocenters. The molecule has 0 rings (SSSR count). The van der Waals surface area contributed by atoms with Crippen LogP contribution in [0.15, 0.2) is 0 Å². The first kappa shape index (κ1) is 11.4. The van der Waals surface area contributed by atoms with E-state index >= 15 is 0 Å². The van der Waals surface area contributed by atoms with E-state index in [-0.39, 0.29) is 17.9 Å². The van der Waals surface area contributed by atoms with E-state index in [1.807, 2.05) is 27.7 Å². The minimum atomic E-state index is 0.0355. The lowest BCUT2D eigenvalue weighted by Crippen LogP contribution is -2.39. The number of amides is 1.